The fourth-order valence-electron chi connectivity index (χ4n) is 2.32. The summed E-state index contributed by atoms with van der Waals surface area (Å²) < 4.78 is 5.99. The highest BCUT2D eigenvalue weighted by Crippen LogP contribution is 2.17. The van der Waals surface area contributed by atoms with Crippen molar-refractivity contribution in [1.82, 2.24) is 0 Å². The van der Waals surface area contributed by atoms with E-state index in [0.29, 0.717) is 5.92 Å². The lowest BCUT2D eigenvalue weighted by Crippen LogP contribution is -2.38. The summed E-state index contributed by atoms with van der Waals surface area (Å²) in [7, 11) is -1.08. The molecule has 1 atom stereocenters. The van der Waals surface area contributed by atoms with E-state index >= 15 is 0 Å². The quantitative estimate of drug-likeness (QED) is 0.696. The maximum Gasteiger partial charge on any atom is 0.208 e. The molecule has 1 saturated heterocycles. The third kappa shape index (κ3) is 2.50. The van der Waals surface area contributed by atoms with Gasteiger partial charge in [-0.1, -0.05) is 44.5 Å². The summed E-state index contributed by atoms with van der Waals surface area (Å²) in [5.74, 6) is 0.624. The van der Waals surface area contributed by atoms with Crippen LogP contribution in [0, 0.1) is 0 Å². The molecule has 0 aromatic heterocycles. The summed E-state index contributed by atoms with van der Waals surface area (Å²) in [6, 6.07) is 10.2. The van der Waals surface area contributed by atoms with Gasteiger partial charge in [0.1, 0.15) is 0 Å². The van der Waals surface area contributed by atoms with Crippen molar-refractivity contribution in [1.29, 1.82) is 0 Å². The standard InChI is InChI=1S/C13H20OSi/c1-11(2)12-7-3-4-8-13(12)15-10-6-5-9-14-15/h3-4,7-8,11,15H,5-6,9-10H2,1-2H3. The predicted molar refractivity (Wildman–Crippen MR) is 67.3 cm³/mol. The van der Waals surface area contributed by atoms with E-state index < -0.39 is 9.04 Å². The minimum absolute atomic E-state index is 0.624. The molecule has 1 aromatic rings. The molecular formula is C13H20OSi. The van der Waals surface area contributed by atoms with Gasteiger partial charge in [-0.25, -0.2) is 0 Å². The van der Waals surface area contributed by atoms with Gasteiger partial charge in [0.15, 0.2) is 0 Å². The van der Waals surface area contributed by atoms with Crippen LogP contribution in [0.2, 0.25) is 6.04 Å². The lowest BCUT2D eigenvalue weighted by molar-refractivity contribution is 0.294. The Bertz CT molecular complexity index is 316. The molecule has 1 aromatic carbocycles. The van der Waals surface area contributed by atoms with Crippen LogP contribution in [-0.2, 0) is 4.43 Å². The summed E-state index contributed by atoms with van der Waals surface area (Å²) in [4.78, 5) is 0. The van der Waals surface area contributed by atoms with Crippen molar-refractivity contribution in [2.24, 2.45) is 0 Å². The average Bonchev–Trinajstić information content (AvgIpc) is 2.30. The van der Waals surface area contributed by atoms with E-state index in [1.54, 1.807) is 5.19 Å². The highest BCUT2D eigenvalue weighted by molar-refractivity contribution is 6.68. The second kappa shape index (κ2) is 4.95. The van der Waals surface area contributed by atoms with Crippen molar-refractivity contribution in [3.05, 3.63) is 29.8 Å². The van der Waals surface area contributed by atoms with Crippen LogP contribution in [0.15, 0.2) is 24.3 Å². The molecule has 0 saturated carbocycles. The molecule has 1 aliphatic heterocycles. The highest BCUT2D eigenvalue weighted by atomic mass is 28.3. The molecule has 1 unspecified atom stereocenters. The van der Waals surface area contributed by atoms with Gasteiger partial charge in [0.05, 0.1) is 0 Å². The van der Waals surface area contributed by atoms with E-state index in [-0.39, 0.29) is 0 Å². The molecule has 82 valence electrons. The summed E-state index contributed by atoms with van der Waals surface area (Å²) in [6.07, 6.45) is 2.62. The Hall–Kier alpha value is -0.603. The minimum Gasteiger partial charge on any atom is -0.415 e. The second-order valence-electron chi connectivity index (χ2n) is 4.64. The topological polar surface area (TPSA) is 9.23 Å². The zero-order valence-electron chi connectivity index (χ0n) is 9.70. The molecule has 0 aliphatic carbocycles. The number of hydrogen-bond donors (Lipinski definition) is 0. The van der Waals surface area contributed by atoms with E-state index in [1.165, 1.54) is 24.4 Å². The number of rotatable bonds is 2. The van der Waals surface area contributed by atoms with Gasteiger partial charge in [0.25, 0.3) is 0 Å². The van der Waals surface area contributed by atoms with E-state index in [1.807, 2.05) is 0 Å². The monoisotopic (exact) mass is 220 g/mol. The van der Waals surface area contributed by atoms with E-state index in [4.69, 9.17) is 4.43 Å². The first-order valence-corrected chi connectivity index (χ1v) is 7.86. The average molecular weight is 220 g/mol. The Balaban J connectivity index is 2.25. The molecule has 15 heavy (non-hydrogen) atoms. The normalized spacial score (nSPS) is 21.9. The van der Waals surface area contributed by atoms with Gasteiger partial charge in [0.2, 0.25) is 9.04 Å². The fraction of sp³-hybridized carbons (Fsp3) is 0.538. The van der Waals surface area contributed by atoms with Crippen LogP contribution in [0.5, 0.6) is 0 Å². The van der Waals surface area contributed by atoms with Gasteiger partial charge in [0, 0.05) is 6.61 Å². The summed E-state index contributed by atoms with van der Waals surface area (Å²) in [5.41, 5.74) is 1.51. The first-order valence-electron chi connectivity index (χ1n) is 5.99. The lowest BCUT2D eigenvalue weighted by atomic mass is 10.0. The van der Waals surface area contributed by atoms with E-state index in [0.717, 1.165) is 6.61 Å². The molecule has 2 heteroatoms. The molecule has 1 aliphatic rings. The highest BCUT2D eigenvalue weighted by Gasteiger charge is 2.21. The van der Waals surface area contributed by atoms with Crippen molar-refractivity contribution >= 4 is 14.2 Å². The molecule has 0 bridgehead atoms. The molecule has 1 nitrogen and oxygen atoms in total. The Morgan fingerprint density at radius 1 is 1.20 bits per heavy atom. The third-order valence-corrected chi connectivity index (χ3v) is 5.93. The minimum atomic E-state index is -1.08. The predicted octanol–water partition coefficient (Wildman–Crippen LogP) is 2.55. The van der Waals surface area contributed by atoms with Gasteiger partial charge in [-0.3, -0.25) is 0 Å². The van der Waals surface area contributed by atoms with Gasteiger partial charge >= 0.3 is 0 Å². The van der Waals surface area contributed by atoms with Gasteiger partial charge in [-0.15, -0.1) is 0 Å². The summed E-state index contributed by atoms with van der Waals surface area (Å²) >= 11 is 0. The van der Waals surface area contributed by atoms with Crippen LogP contribution in [0.3, 0.4) is 0 Å². The molecule has 0 spiro atoms. The zero-order chi connectivity index (χ0) is 10.7. The lowest BCUT2D eigenvalue weighted by Gasteiger charge is -2.24. The molecular weight excluding hydrogens is 200 g/mol. The molecule has 0 amide bonds. The smallest absolute Gasteiger partial charge is 0.208 e. The van der Waals surface area contributed by atoms with E-state index in [2.05, 4.69) is 38.1 Å². The molecule has 0 N–H and O–H groups in total. The third-order valence-electron chi connectivity index (χ3n) is 3.14. The zero-order valence-corrected chi connectivity index (χ0v) is 10.9. The van der Waals surface area contributed by atoms with Crippen molar-refractivity contribution in [3.8, 4) is 0 Å². The van der Waals surface area contributed by atoms with Crippen molar-refractivity contribution in [2.75, 3.05) is 6.61 Å². The van der Waals surface area contributed by atoms with Crippen LogP contribution in [0.4, 0.5) is 0 Å². The molecule has 1 heterocycles. The van der Waals surface area contributed by atoms with Crippen molar-refractivity contribution < 1.29 is 4.43 Å². The van der Waals surface area contributed by atoms with Gasteiger partial charge < -0.3 is 4.43 Å². The largest absolute Gasteiger partial charge is 0.415 e. The molecule has 2 rings (SSSR count). The van der Waals surface area contributed by atoms with Crippen LogP contribution < -0.4 is 5.19 Å². The first kappa shape index (κ1) is 10.9. The van der Waals surface area contributed by atoms with Gasteiger partial charge in [-0.2, -0.15) is 0 Å². The Labute approximate surface area is 94.2 Å². The van der Waals surface area contributed by atoms with E-state index in [9.17, 15) is 0 Å². The van der Waals surface area contributed by atoms with Gasteiger partial charge in [-0.05, 0) is 29.1 Å². The first-order chi connectivity index (χ1) is 7.29. The Morgan fingerprint density at radius 2 is 2.00 bits per heavy atom. The summed E-state index contributed by atoms with van der Waals surface area (Å²) in [5, 5.41) is 1.55. The van der Waals surface area contributed by atoms with Crippen LogP contribution in [0.25, 0.3) is 0 Å². The molecule has 1 fully saturated rings. The van der Waals surface area contributed by atoms with Crippen LogP contribution in [-0.4, -0.2) is 15.6 Å². The SMILES string of the molecule is CC(C)c1ccccc1[SiH]1CCCCO1. The molecule has 0 radical (unpaired) electrons. The number of hydrogen-bond acceptors (Lipinski definition) is 1. The van der Waals surface area contributed by atoms with Crippen LogP contribution >= 0.6 is 0 Å². The maximum absolute atomic E-state index is 5.99. The Morgan fingerprint density at radius 3 is 2.67 bits per heavy atom. The summed E-state index contributed by atoms with van der Waals surface area (Å²) in [6.45, 7) is 5.54. The Kier molecular flexibility index (Phi) is 3.60. The second-order valence-corrected chi connectivity index (χ2v) is 7.15. The van der Waals surface area contributed by atoms with Crippen LogP contribution in [0.1, 0.15) is 38.2 Å². The van der Waals surface area contributed by atoms with Crippen molar-refractivity contribution in [3.63, 3.8) is 0 Å². The van der Waals surface area contributed by atoms with Crippen molar-refractivity contribution in [2.45, 2.75) is 38.7 Å². The fourth-order valence-corrected chi connectivity index (χ4v) is 5.21. The number of benzene rings is 1. The maximum atomic E-state index is 5.99.